The Morgan fingerprint density at radius 3 is 2.35 bits per heavy atom. The van der Waals surface area contributed by atoms with Crippen molar-refractivity contribution in [3.63, 3.8) is 0 Å². The third-order valence-electron chi connectivity index (χ3n) is 6.40. The van der Waals surface area contributed by atoms with Gasteiger partial charge in [0.15, 0.2) is 5.75 Å². The van der Waals surface area contributed by atoms with Gasteiger partial charge in [-0.05, 0) is 43.3 Å². The predicted octanol–water partition coefficient (Wildman–Crippen LogP) is 5.92. The zero-order valence-corrected chi connectivity index (χ0v) is 19.7. The number of ether oxygens (including phenoxy) is 1. The van der Waals surface area contributed by atoms with Crippen molar-refractivity contribution in [3.05, 3.63) is 82.9 Å². The minimum absolute atomic E-state index is 0.0114. The molecule has 0 spiro atoms. The van der Waals surface area contributed by atoms with Crippen LogP contribution in [0, 0.1) is 18.6 Å². The highest BCUT2D eigenvalue weighted by atomic mass is 19.4. The van der Waals surface area contributed by atoms with Crippen LogP contribution in [-0.4, -0.2) is 26.8 Å². The topological polar surface area (TPSA) is 74.6 Å². The molecular weight excluding hydrogens is 495 g/mol. The number of nitrogens with zero attached hydrogens (tertiary/aromatic N) is 3. The summed E-state index contributed by atoms with van der Waals surface area (Å²) >= 11 is 0. The fourth-order valence-corrected chi connectivity index (χ4v) is 4.50. The van der Waals surface area contributed by atoms with Gasteiger partial charge in [-0.25, -0.2) is 13.8 Å². The molecule has 3 aromatic heterocycles. The molecule has 0 aliphatic rings. The van der Waals surface area contributed by atoms with Gasteiger partial charge < -0.3 is 19.4 Å². The zero-order valence-electron chi connectivity index (χ0n) is 19.7. The molecule has 5 aromatic rings. The first-order valence-corrected chi connectivity index (χ1v) is 10.9. The monoisotopic (exact) mass is 514 g/mol. The van der Waals surface area contributed by atoms with Crippen LogP contribution in [0.25, 0.3) is 27.7 Å². The summed E-state index contributed by atoms with van der Waals surface area (Å²) in [5.74, 6) is -2.51. The number of benzene rings is 2. The predicted molar refractivity (Wildman–Crippen MR) is 128 cm³/mol. The maximum Gasteiger partial charge on any atom is 0.417 e. The summed E-state index contributed by atoms with van der Waals surface area (Å²) in [5.41, 5.74) is 3.96. The minimum Gasteiger partial charge on any atom is -0.494 e. The lowest BCUT2D eigenvalue weighted by Crippen LogP contribution is -2.10. The number of methoxy groups -OCH3 is 1. The lowest BCUT2D eigenvalue weighted by Gasteiger charge is -2.18. The molecule has 11 heteroatoms. The highest BCUT2D eigenvalue weighted by Gasteiger charge is 2.38. The van der Waals surface area contributed by atoms with Crippen LogP contribution in [-0.2, 0) is 13.2 Å². The summed E-state index contributed by atoms with van der Waals surface area (Å²) < 4.78 is 79.4. The molecule has 0 saturated carbocycles. The van der Waals surface area contributed by atoms with Gasteiger partial charge >= 0.3 is 6.18 Å². The Morgan fingerprint density at radius 1 is 1.05 bits per heavy atom. The van der Waals surface area contributed by atoms with Crippen LogP contribution in [0.4, 0.5) is 27.6 Å². The maximum atomic E-state index is 14.4. The summed E-state index contributed by atoms with van der Waals surface area (Å²) in [6.07, 6.45) is -3.27. The number of aromatic nitrogens is 3. The van der Waals surface area contributed by atoms with E-state index in [1.165, 1.54) is 46.5 Å². The van der Waals surface area contributed by atoms with Gasteiger partial charge in [-0.15, -0.1) is 0 Å². The third kappa shape index (κ3) is 3.69. The molecule has 190 valence electrons. The number of hydrogen-bond acceptors (Lipinski definition) is 4. The first kappa shape index (κ1) is 24.3. The van der Waals surface area contributed by atoms with Crippen molar-refractivity contribution in [2.45, 2.75) is 13.1 Å². The van der Waals surface area contributed by atoms with E-state index in [2.05, 4.69) is 4.98 Å². The van der Waals surface area contributed by atoms with Crippen LogP contribution in [0.5, 0.6) is 5.75 Å². The lowest BCUT2D eigenvalue weighted by atomic mass is 9.96. The van der Waals surface area contributed by atoms with Crippen LogP contribution in [0.1, 0.15) is 27.4 Å². The number of imidazole rings is 1. The molecule has 3 heterocycles. The molecular formula is C26H19F5N4O2. The highest BCUT2D eigenvalue weighted by Crippen LogP contribution is 2.47. The van der Waals surface area contributed by atoms with Crippen molar-refractivity contribution >= 4 is 28.0 Å². The van der Waals surface area contributed by atoms with Crippen LogP contribution in [0.2, 0.25) is 0 Å². The fraction of sp³-hybridized carbons (Fsp3) is 0.154. The standard InChI is InChI=1S/C26H19F5N4O2/c1-12-33-23-20(34(12)2)11-15(26(29,30)31)21(25(23)37-3)14-5-4-8-35-18(14)6-7-19(35)24(36)13-9-16(27)22(32)17(28)10-13/h4-11H,32H2,1-3H3. The number of ketones is 1. The van der Waals surface area contributed by atoms with Crippen molar-refractivity contribution < 1.29 is 31.5 Å². The third-order valence-corrected chi connectivity index (χ3v) is 6.40. The fourth-order valence-electron chi connectivity index (χ4n) is 4.50. The second-order valence-electron chi connectivity index (χ2n) is 8.49. The normalized spacial score (nSPS) is 12.0. The number of pyridine rings is 1. The number of nitrogens with two attached hydrogens (primary N) is 1. The van der Waals surface area contributed by atoms with Gasteiger partial charge in [-0.2, -0.15) is 13.2 Å². The van der Waals surface area contributed by atoms with Gasteiger partial charge in [0.25, 0.3) is 0 Å². The van der Waals surface area contributed by atoms with E-state index in [0.717, 1.165) is 18.2 Å². The smallest absolute Gasteiger partial charge is 0.417 e. The first-order valence-electron chi connectivity index (χ1n) is 10.9. The molecule has 0 radical (unpaired) electrons. The van der Waals surface area contributed by atoms with Crippen LogP contribution >= 0.6 is 0 Å². The summed E-state index contributed by atoms with van der Waals surface area (Å²) in [7, 11) is 2.87. The van der Waals surface area contributed by atoms with Crippen LogP contribution in [0.15, 0.2) is 48.7 Å². The molecule has 6 nitrogen and oxygen atoms in total. The molecule has 0 fully saturated rings. The summed E-state index contributed by atoms with van der Waals surface area (Å²) in [4.78, 5) is 17.5. The van der Waals surface area contributed by atoms with Crippen molar-refractivity contribution in [3.8, 4) is 16.9 Å². The van der Waals surface area contributed by atoms with E-state index in [-0.39, 0.29) is 44.7 Å². The van der Waals surface area contributed by atoms with Crippen molar-refractivity contribution in [2.24, 2.45) is 7.05 Å². The molecule has 2 aromatic carbocycles. The molecule has 0 atom stereocenters. The zero-order chi connectivity index (χ0) is 26.8. The molecule has 0 amide bonds. The average Bonchev–Trinajstić information content (AvgIpc) is 3.40. The molecule has 2 N–H and O–H groups in total. The summed E-state index contributed by atoms with van der Waals surface area (Å²) in [5, 5.41) is 0. The van der Waals surface area contributed by atoms with Gasteiger partial charge in [-0.3, -0.25) is 4.79 Å². The number of carbonyl (C=O) groups is 1. The number of aryl methyl sites for hydroxylation is 2. The molecule has 0 aliphatic heterocycles. The Bertz CT molecular complexity index is 1710. The number of nitrogen functional groups attached to an aromatic ring is 1. The number of halogens is 5. The number of alkyl halides is 3. The average molecular weight is 514 g/mol. The number of rotatable bonds is 4. The number of hydrogen-bond donors (Lipinski definition) is 1. The van der Waals surface area contributed by atoms with E-state index in [1.54, 1.807) is 14.0 Å². The van der Waals surface area contributed by atoms with Crippen molar-refractivity contribution in [2.75, 3.05) is 12.8 Å². The van der Waals surface area contributed by atoms with Crippen molar-refractivity contribution in [1.82, 2.24) is 14.0 Å². The number of fused-ring (bicyclic) bond motifs is 2. The van der Waals surface area contributed by atoms with E-state index < -0.39 is 34.8 Å². The molecule has 37 heavy (non-hydrogen) atoms. The summed E-state index contributed by atoms with van der Waals surface area (Å²) in [6.45, 7) is 1.67. The Kier molecular flexibility index (Phi) is 5.47. The quantitative estimate of drug-likeness (QED) is 0.184. The Balaban J connectivity index is 1.79. The number of carbonyl (C=O) groups excluding carboxylic acids is 1. The Hall–Kier alpha value is -4.41. The van der Waals surface area contributed by atoms with Gasteiger partial charge in [-0.1, -0.05) is 6.07 Å². The lowest BCUT2D eigenvalue weighted by molar-refractivity contribution is -0.137. The molecule has 0 saturated heterocycles. The SMILES string of the molecule is COc1c(-c2cccn3c(C(=O)c4cc(F)c(N)c(F)c4)ccc23)c(C(F)(F)F)cc2c1nc(C)n2C. The molecule has 0 aliphatic carbocycles. The molecule has 5 rings (SSSR count). The number of anilines is 1. The summed E-state index contributed by atoms with van der Waals surface area (Å²) in [6, 6.07) is 8.41. The molecule has 0 bridgehead atoms. The minimum atomic E-state index is -4.74. The molecule has 0 unspecified atom stereocenters. The van der Waals surface area contributed by atoms with E-state index in [9.17, 15) is 26.7 Å². The highest BCUT2D eigenvalue weighted by molar-refractivity contribution is 6.09. The second-order valence-corrected chi connectivity index (χ2v) is 8.49. The van der Waals surface area contributed by atoms with Gasteiger partial charge in [0, 0.05) is 29.9 Å². The Labute approximate surface area is 206 Å². The largest absolute Gasteiger partial charge is 0.494 e. The van der Waals surface area contributed by atoms with E-state index in [4.69, 9.17) is 10.5 Å². The van der Waals surface area contributed by atoms with E-state index >= 15 is 0 Å². The van der Waals surface area contributed by atoms with E-state index in [0.29, 0.717) is 5.82 Å². The van der Waals surface area contributed by atoms with Crippen molar-refractivity contribution in [1.29, 1.82) is 0 Å². The van der Waals surface area contributed by atoms with Crippen LogP contribution < -0.4 is 10.5 Å². The van der Waals surface area contributed by atoms with E-state index in [1.807, 2.05) is 0 Å². The maximum absolute atomic E-state index is 14.4. The van der Waals surface area contributed by atoms with Crippen LogP contribution in [0.3, 0.4) is 0 Å². The first-order chi connectivity index (χ1) is 17.4. The van der Waals surface area contributed by atoms with Gasteiger partial charge in [0.1, 0.15) is 28.7 Å². The van der Waals surface area contributed by atoms with Gasteiger partial charge in [0.05, 0.1) is 29.4 Å². The van der Waals surface area contributed by atoms with Gasteiger partial charge in [0.2, 0.25) is 5.78 Å². The second kappa shape index (κ2) is 8.32. The Morgan fingerprint density at radius 2 is 1.73 bits per heavy atom.